The summed E-state index contributed by atoms with van der Waals surface area (Å²) in [6, 6.07) is 9.17. The van der Waals surface area contributed by atoms with Gasteiger partial charge in [-0.2, -0.15) is 0 Å². The molecule has 0 atom stereocenters. The number of rotatable bonds is 4. The molecule has 2 N–H and O–H groups in total. The fourth-order valence-electron chi connectivity index (χ4n) is 1.61. The van der Waals surface area contributed by atoms with Crippen molar-refractivity contribution in [2.75, 3.05) is 19.8 Å². The van der Waals surface area contributed by atoms with Gasteiger partial charge >= 0.3 is 0 Å². The molecule has 0 saturated heterocycles. The maximum atomic E-state index is 11.8. The highest BCUT2D eigenvalue weighted by atomic mass is 32.2. The number of nitrogens with two attached hydrogens (primary N) is 1. The van der Waals surface area contributed by atoms with Gasteiger partial charge in [0.2, 0.25) is 0 Å². The molecule has 0 aliphatic heterocycles. The van der Waals surface area contributed by atoms with E-state index < -0.39 is 0 Å². The van der Waals surface area contributed by atoms with Gasteiger partial charge in [-0.3, -0.25) is 4.79 Å². The van der Waals surface area contributed by atoms with Crippen LogP contribution in [-0.4, -0.2) is 24.9 Å². The van der Waals surface area contributed by atoms with Crippen molar-refractivity contribution in [3.05, 3.63) is 47.9 Å². The third-order valence-electron chi connectivity index (χ3n) is 2.61. The molecule has 4 nitrogen and oxygen atoms in total. The van der Waals surface area contributed by atoms with E-state index in [-0.39, 0.29) is 5.91 Å². The molecule has 0 saturated carbocycles. The molecule has 0 aliphatic carbocycles. The Kier molecular flexibility index (Phi) is 4.16. The molecule has 0 unspecified atom stereocenters. The average Bonchev–Trinajstić information content (AvgIpc) is 2.89. The van der Waals surface area contributed by atoms with Gasteiger partial charge < -0.3 is 15.1 Å². The standard InChI is InChI=1S/C14H16N2O2S/c1-16(2)14(17)10-5-6-13(12(15)8-10)19-9-11-4-3-7-18-11/h3-8H,9,15H2,1-2H3. The number of thioether (sulfide) groups is 1. The van der Waals surface area contributed by atoms with Gasteiger partial charge in [0, 0.05) is 30.2 Å². The Balaban J connectivity index is 2.09. The zero-order valence-corrected chi connectivity index (χ0v) is 11.7. The van der Waals surface area contributed by atoms with Crippen molar-refractivity contribution in [3.63, 3.8) is 0 Å². The fourth-order valence-corrected chi connectivity index (χ4v) is 2.47. The van der Waals surface area contributed by atoms with Crippen LogP contribution in [0, 0.1) is 0 Å². The van der Waals surface area contributed by atoms with Crippen LogP contribution in [0.15, 0.2) is 45.9 Å². The van der Waals surface area contributed by atoms with Crippen LogP contribution < -0.4 is 5.73 Å². The molecule has 19 heavy (non-hydrogen) atoms. The molecular weight excluding hydrogens is 260 g/mol. The first-order valence-corrected chi connectivity index (χ1v) is 6.83. The fraction of sp³-hybridized carbons (Fsp3) is 0.214. The zero-order valence-electron chi connectivity index (χ0n) is 10.9. The van der Waals surface area contributed by atoms with Crippen LogP contribution in [-0.2, 0) is 5.75 Å². The Morgan fingerprint density at radius 1 is 1.37 bits per heavy atom. The molecule has 1 aromatic heterocycles. The largest absolute Gasteiger partial charge is 0.468 e. The van der Waals surface area contributed by atoms with Crippen LogP contribution in [0.2, 0.25) is 0 Å². The summed E-state index contributed by atoms with van der Waals surface area (Å²) >= 11 is 1.59. The number of carbonyl (C=O) groups is 1. The lowest BCUT2D eigenvalue weighted by atomic mass is 10.2. The predicted molar refractivity (Wildman–Crippen MR) is 77.1 cm³/mol. The molecule has 0 aliphatic rings. The van der Waals surface area contributed by atoms with E-state index in [1.165, 1.54) is 4.90 Å². The van der Waals surface area contributed by atoms with Crippen molar-refractivity contribution in [1.29, 1.82) is 0 Å². The summed E-state index contributed by atoms with van der Waals surface area (Å²) in [6.07, 6.45) is 1.65. The average molecular weight is 276 g/mol. The molecule has 0 radical (unpaired) electrons. The van der Waals surface area contributed by atoms with Gasteiger partial charge in [0.05, 0.1) is 12.0 Å². The second-order valence-electron chi connectivity index (χ2n) is 4.32. The van der Waals surface area contributed by atoms with E-state index in [0.717, 1.165) is 16.4 Å². The molecule has 0 bridgehead atoms. The minimum absolute atomic E-state index is 0.0470. The molecule has 2 rings (SSSR count). The first kappa shape index (κ1) is 13.5. The van der Waals surface area contributed by atoms with Gasteiger partial charge in [0.1, 0.15) is 5.76 Å². The number of hydrogen-bond donors (Lipinski definition) is 1. The molecule has 1 aromatic carbocycles. The second-order valence-corrected chi connectivity index (χ2v) is 5.34. The summed E-state index contributed by atoms with van der Waals surface area (Å²) in [5, 5.41) is 0. The smallest absolute Gasteiger partial charge is 0.253 e. The summed E-state index contributed by atoms with van der Waals surface area (Å²) in [6.45, 7) is 0. The van der Waals surface area contributed by atoms with Gasteiger partial charge in [0.15, 0.2) is 0 Å². The summed E-state index contributed by atoms with van der Waals surface area (Å²) in [5.74, 6) is 1.57. The summed E-state index contributed by atoms with van der Waals surface area (Å²) < 4.78 is 5.27. The quantitative estimate of drug-likeness (QED) is 0.689. The van der Waals surface area contributed by atoms with Crippen molar-refractivity contribution >= 4 is 23.4 Å². The maximum absolute atomic E-state index is 11.8. The molecule has 100 valence electrons. The minimum Gasteiger partial charge on any atom is -0.468 e. The van der Waals surface area contributed by atoms with Crippen LogP contribution in [0.3, 0.4) is 0 Å². The van der Waals surface area contributed by atoms with E-state index in [0.29, 0.717) is 11.3 Å². The van der Waals surface area contributed by atoms with Gasteiger partial charge in [-0.1, -0.05) is 0 Å². The Hall–Kier alpha value is -1.88. The number of hydrogen-bond acceptors (Lipinski definition) is 4. The Morgan fingerprint density at radius 2 is 2.16 bits per heavy atom. The topological polar surface area (TPSA) is 59.5 Å². The van der Waals surface area contributed by atoms with Gasteiger partial charge in [0.25, 0.3) is 5.91 Å². The summed E-state index contributed by atoms with van der Waals surface area (Å²) in [5.41, 5.74) is 7.19. The van der Waals surface area contributed by atoms with Gasteiger partial charge in [-0.25, -0.2) is 0 Å². The SMILES string of the molecule is CN(C)C(=O)c1ccc(SCc2ccco2)c(N)c1. The monoisotopic (exact) mass is 276 g/mol. The molecule has 2 aromatic rings. The number of carbonyl (C=O) groups excluding carboxylic acids is 1. The first-order chi connectivity index (χ1) is 9.08. The lowest BCUT2D eigenvalue weighted by molar-refractivity contribution is 0.0827. The van der Waals surface area contributed by atoms with E-state index in [1.807, 2.05) is 18.2 Å². The normalized spacial score (nSPS) is 10.4. The number of nitrogen functional groups attached to an aromatic ring is 1. The lowest BCUT2D eigenvalue weighted by Gasteiger charge is -2.12. The number of nitrogens with zero attached hydrogens (tertiary/aromatic N) is 1. The highest BCUT2D eigenvalue weighted by molar-refractivity contribution is 7.98. The Bertz CT molecular complexity index is 565. The predicted octanol–water partition coefficient (Wildman–Crippen LogP) is 2.86. The van der Waals surface area contributed by atoms with Crippen molar-refractivity contribution < 1.29 is 9.21 Å². The third kappa shape index (κ3) is 3.32. The van der Waals surface area contributed by atoms with Crippen molar-refractivity contribution in [2.45, 2.75) is 10.6 Å². The summed E-state index contributed by atoms with van der Waals surface area (Å²) in [7, 11) is 3.44. The lowest BCUT2D eigenvalue weighted by Crippen LogP contribution is -2.21. The molecular formula is C14H16N2O2S. The number of anilines is 1. The van der Waals surface area contributed by atoms with Crippen molar-refractivity contribution in [1.82, 2.24) is 4.90 Å². The summed E-state index contributed by atoms with van der Waals surface area (Å²) in [4.78, 5) is 14.3. The minimum atomic E-state index is -0.0470. The molecule has 1 amide bonds. The van der Waals surface area contributed by atoms with Crippen LogP contribution in [0.25, 0.3) is 0 Å². The van der Waals surface area contributed by atoms with Crippen molar-refractivity contribution in [3.8, 4) is 0 Å². The van der Waals surface area contributed by atoms with Gasteiger partial charge in [-0.05, 0) is 30.3 Å². The van der Waals surface area contributed by atoms with E-state index in [9.17, 15) is 4.79 Å². The van der Waals surface area contributed by atoms with Gasteiger partial charge in [-0.15, -0.1) is 11.8 Å². The number of amides is 1. The Morgan fingerprint density at radius 3 is 2.74 bits per heavy atom. The van der Waals surface area contributed by atoms with Crippen LogP contribution >= 0.6 is 11.8 Å². The third-order valence-corrected chi connectivity index (χ3v) is 3.72. The van der Waals surface area contributed by atoms with E-state index in [1.54, 1.807) is 44.3 Å². The molecule has 1 heterocycles. The molecule has 0 fully saturated rings. The first-order valence-electron chi connectivity index (χ1n) is 5.84. The van der Waals surface area contributed by atoms with Crippen LogP contribution in [0.5, 0.6) is 0 Å². The second kappa shape index (κ2) is 5.84. The van der Waals surface area contributed by atoms with Crippen LogP contribution in [0.4, 0.5) is 5.69 Å². The zero-order chi connectivity index (χ0) is 13.8. The number of furan rings is 1. The van der Waals surface area contributed by atoms with Crippen LogP contribution in [0.1, 0.15) is 16.1 Å². The highest BCUT2D eigenvalue weighted by Gasteiger charge is 2.10. The number of benzene rings is 1. The highest BCUT2D eigenvalue weighted by Crippen LogP contribution is 2.29. The van der Waals surface area contributed by atoms with E-state index in [4.69, 9.17) is 10.2 Å². The maximum Gasteiger partial charge on any atom is 0.253 e. The Labute approximate surface area is 116 Å². The van der Waals surface area contributed by atoms with E-state index in [2.05, 4.69) is 0 Å². The molecule has 5 heteroatoms. The van der Waals surface area contributed by atoms with E-state index >= 15 is 0 Å². The van der Waals surface area contributed by atoms with Crippen molar-refractivity contribution in [2.24, 2.45) is 0 Å². The molecule has 0 spiro atoms.